The molecule has 0 aliphatic heterocycles. The maximum Gasteiger partial charge on any atom is 0.251 e. The number of nitrogens with one attached hydrogen (secondary N) is 3. The summed E-state index contributed by atoms with van der Waals surface area (Å²) in [6.45, 7) is 0.775. The Labute approximate surface area is 213 Å². The molecule has 36 heavy (non-hydrogen) atoms. The van der Waals surface area contributed by atoms with Gasteiger partial charge >= 0.3 is 0 Å². The van der Waals surface area contributed by atoms with Gasteiger partial charge in [0.15, 0.2) is 0 Å². The number of carbonyl (C=O) groups is 2. The van der Waals surface area contributed by atoms with Gasteiger partial charge in [-0.1, -0.05) is 55.7 Å². The first-order valence-electron chi connectivity index (χ1n) is 12.9. The van der Waals surface area contributed by atoms with Crippen molar-refractivity contribution in [1.82, 2.24) is 5.32 Å². The highest BCUT2D eigenvalue weighted by Gasteiger charge is 2.17. The fourth-order valence-electron chi connectivity index (χ4n) is 4.42. The molecule has 0 aromatic heterocycles. The van der Waals surface area contributed by atoms with Crippen LogP contribution in [-0.2, 0) is 11.2 Å². The molecule has 1 saturated carbocycles. The monoisotopic (exact) mass is 485 g/mol. The van der Waals surface area contributed by atoms with Crippen molar-refractivity contribution >= 4 is 23.2 Å². The highest BCUT2D eigenvalue weighted by Crippen LogP contribution is 2.19. The lowest BCUT2D eigenvalue weighted by Crippen LogP contribution is -2.36. The molecule has 0 radical (unpaired) electrons. The van der Waals surface area contributed by atoms with Crippen molar-refractivity contribution in [2.24, 2.45) is 0 Å². The molecule has 0 heterocycles. The lowest BCUT2D eigenvalue weighted by Gasteiger charge is -2.22. The van der Waals surface area contributed by atoms with Crippen LogP contribution in [0.25, 0.3) is 0 Å². The normalized spacial score (nSPS) is 13.6. The molecular weight excluding hydrogens is 450 g/mol. The van der Waals surface area contributed by atoms with Crippen molar-refractivity contribution in [2.45, 2.75) is 51.0 Å². The van der Waals surface area contributed by atoms with Crippen LogP contribution < -0.4 is 20.7 Å². The van der Waals surface area contributed by atoms with Gasteiger partial charge in [-0.25, -0.2) is 0 Å². The van der Waals surface area contributed by atoms with Gasteiger partial charge in [0.25, 0.3) is 5.91 Å². The zero-order chi connectivity index (χ0) is 25.0. The molecule has 6 nitrogen and oxygen atoms in total. The minimum Gasteiger partial charge on any atom is -0.494 e. The summed E-state index contributed by atoms with van der Waals surface area (Å²) in [5, 5.41) is 9.11. The van der Waals surface area contributed by atoms with Crippen LogP contribution >= 0.6 is 0 Å². The smallest absolute Gasteiger partial charge is 0.251 e. The molecule has 0 unspecified atom stereocenters. The van der Waals surface area contributed by atoms with Crippen molar-refractivity contribution in [1.29, 1.82) is 0 Å². The van der Waals surface area contributed by atoms with E-state index < -0.39 is 0 Å². The molecule has 1 aliphatic rings. The van der Waals surface area contributed by atoms with Crippen LogP contribution in [0.4, 0.5) is 11.4 Å². The van der Waals surface area contributed by atoms with Gasteiger partial charge in [0.1, 0.15) is 5.75 Å². The van der Waals surface area contributed by atoms with E-state index in [-0.39, 0.29) is 24.4 Å². The van der Waals surface area contributed by atoms with Crippen molar-refractivity contribution < 1.29 is 14.3 Å². The number of rotatable bonds is 11. The summed E-state index contributed by atoms with van der Waals surface area (Å²) in [6, 6.07) is 25.3. The zero-order valence-electron chi connectivity index (χ0n) is 20.7. The average molecular weight is 486 g/mol. The van der Waals surface area contributed by atoms with Crippen LogP contribution in [0.5, 0.6) is 5.75 Å². The van der Waals surface area contributed by atoms with Crippen molar-refractivity contribution in [3.63, 3.8) is 0 Å². The predicted octanol–water partition coefficient (Wildman–Crippen LogP) is 5.81. The molecule has 6 heteroatoms. The maximum absolute atomic E-state index is 12.6. The van der Waals surface area contributed by atoms with E-state index >= 15 is 0 Å². The quantitative estimate of drug-likeness (QED) is 0.299. The number of anilines is 2. The summed E-state index contributed by atoms with van der Waals surface area (Å²) < 4.78 is 5.83. The minimum atomic E-state index is -0.180. The maximum atomic E-state index is 12.6. The van der Waals surface area contributed by atoms with Gasteiger partial charge in [-0.15, -0.1) is 0 Å². The van der Waals surface area contributed by atoms with Crippen LogP contribution in [0.15, 0.2) is 78.9 Å². The second-order valence-corrected chi connectivity index (χ2v) is 9.25. The summed E-state index contributed by atoms with van der Waals surface area (Å²) in [5.41, 5.74) is 3.32. The van der Waals surface area contributed by atoms with Crippen LogP contribution in [0.1, 0.15) is 54.4 Å². The third-order valence-electron chi connectivity index (χ3n) is 6.38. The molecule has 4 rings (SSSR count). The first kappa shape index (κ1) is 25.3. The van der Waals surface area contributed by atoms with Gasteiger partial charge in [-0.3, -0.25) is 9.59 Å². The molecule has 3 aromatic rings. The van der Waals surface area contributed by atoms with Crippen LogP contribution in [0, 0.1) is 0 Å². The van der Waals surface area contributed by atoms with Crippen LogP contribution in [0.3, 0.4) is 0 Å². The number of hydrogen-bond donors (Lipinski definition) is 3. The number of benzene rings is 3. The van der Waals surface area contributed by atoms with Gasteiger partial charge < -0.3 is 20.7 Å². The molecule has 1 fully saturated rings. The van der Waals surface area contributed by atoms with Crippen LogP contribution in [-0.4, -0.2) is 31.0 Å². The van der Waals surface area contributed by atoms with Crippen molar-refractivity contribution in [3.8, 4) is 5.75 Å². The van der Waals surface area contributed by atoms with E-state index in [1.165, 1.54) is 24.8 Å². The largest absolute Gasteiger partial charge is 0.494 e. The standard InChI is InChI=1S/C30H35N3O3/c34-29(32-27-15-7-12-24(21-27)30(35)33-26-13-5-2-6-14-26)22-31-25-16-18-28(19-17-25)36-20-8-11-23-9-3-1-4-10-23/h1,3-4,7,9-10,12,15-19,21,26,31H,2,5-6,8,11,13-14,20,22H2,(H,32,34)(H,33,35). The molecule has 0 saturated heterocycles. The Morgan fingerprint density at radius 2 is 1.61 bits per heavy atom. The second-order valence-electron chi connectivity index (χ2n) is 9.25. The highest BCUT2D eigenvalue weighted by atomic mass is 16.5. The number of aryl methyl sites for hydroxylation is 1. The summed E-state index contributed by atoms with van der Waals surface area (Å²) in [7, 11) is 0. The summed E-state index contributed by atoms with van der Waals surface area (Å²) in [4.78, 5) is 25.0. The summed E-state index contributed by atoms with van der Waals surface area (Å²) in [6.07, 6.45) is 7.59. The Morgan fingerprint density at radius 3 is 2.39 bits per heavy atom. The fraction of sp³-hybridized carbons (Fsp3) is 0.333. The van der Waals surface area contributed by atoms with Gasteiger partial charge in [0.05, 0.1) is 13.2 Å². The number of carbonyl (C=O) groups excluding carboxylic acids is 2. The van der Waals surface area contributed by atoms with Gasteiger partial charge in [-0.2, -0.15) is 0 Å². The molecule has 0 atom stereocenters. The van der Waals surface area contributed by atoms with E-state index in [0.717, 1.165) is 37.1 Å². The van der Waals surface area contributed by atoms with E-state index in [2.05, 4.69) is 40.2 Å². The number of hydrogen-bond acceptors (Lipinski definition) is 4. The van der Waals surface area contributed by atoms with Crippen molar-refractivity contribution in [2.75, 3.05) is 23.8 Å². The molecule has 0 bridgehead atoms. The first-order chi connectivity index (χ1) is 17.7. The van der Waals surface area contributed by atoms with E-state index in [9.17, 15) is 9.59 Å². The molecule has 3 aromatic carbocycles. The van der Waals surface area contributed by atoms with Gasteiger partial charge in [0, 0.05) is 23.0 Å². The lowest BCUT2D eigenvalue weighted by molar-refractivity contribution is -0.114. The third-order valence-corrected chi connectivity index (χ3v) is 6.38. The molecule has 2 amide bonds. The minimum absolute atomic E-state index is 0.0847. The Hall–Kier alpha value is -3.80. The van der Waals surface area contributed by atoms with E-state index in [4.69, 9.17) is 4.74 Å². The predicted molar refractivity (Wildman–Crippen MR) is 145 cm³/mol. The topological polar surface area (TPSA) is 79.5 Å². The molecule has 0 spiro atoms. The Balaban J connectivity index is 1.17. The summed E-state index contributed by atoms with van der Waals surface area (Å²) >= 11 is 0. The van der Waals surface area contributed by atoms with Crippen LogP contribution in [0.2, 0.25) is 0 Å². The second kappa shape index (κ2) is 13.3. The molecule has 3 N–H and O–H groups in total. The number of ether oxygens (including phenoxy) is 1. The lowest BCUT2D eigenvalue weighted by atomic mass is 9.95. The molecule has 1 aliphatic carbocycles. The molecular formula is C30H35N3O3. The Morgan fingerprint density at radius 1 is 0.833 bits per heavy atom. The van der Waals surface area contributed by atoms with E-state index in [1.807, 2.05) is 30.3 Å². The number of amides is 2. The van der Waals surface area contributed by atoms with E-state index in [0.29, 0.717) is 17.9 Å². The first-order valence-corrected chi connectivity index (χ1v) is 12.9. The van der Waals surface area contributed by atoms with E-state index in [1.54, 1.807) is 24.3 Å². The fourth-order valence-corrected chi connectivity index (χ4v) is 4.42. The zero-order valence-corrected chi connectivity index (χ0v) is 20.7. The van der Waals surface area contributed by atoms with Gasteiger partial charge in [0.2, 0.25) is 5.91 Å². The molecule has 188 valence electrons. The highest BCUT2D eigenvalue weighted by molar-refractivity contribution is 5.98. The Bertz CT molecular complexity index is 1110. The van der Waals surface area contributed by atoms with Gasteiger partial charge in [-0.05, 0) is 73.7 Å². The van der Waals surface area contributed by atoms with Crippen molar-refractivity contribution in [3.05, 3.63) is 90.0 Å². The average Bonchev–Trinajstić information content (AvgIpc) is 2.92. The third kappa shape index (κ3) is 8.15. The Kier molecular flexibility index (Phi) is 9.37. The summed E-state index contributed by atoms with van der Waals surface area (Å²) in [5.74, 6) is 0.543. The SMILES string of the molecule is O=C(CNc1ccc(OCCCc2ccccc2)cc1)Nc1cccc(C(=O)NC2CCCCC2)c1.